The number of aliphatic hydroxyl groups is 1. The molecule has 0 heterocycles. The first-order chi connectivity index (χ1) is 7.63. The second-order valence-corrected chi connectivity index (χ2v) is 4.90. The van der Waals surface area contributed by atoms with Gasteiger partial charge in [-0.3, -0.25) is 4.79 Å². The predicted molar refractivity (Wildman–Crippen MR) is 63.9 cm³/mol. The van der Waals surface area contributed by atoms with Crippen LogP contribution in [0.2, 0.25) is 0 Å². The molecule has 0 aromatic rings. The van der Waals surface area contributed by atoms with Gasteiger partial charge in [0.1, 0.15) is 0 Å². The molecule has 16 heavy (non-hydrogen) atoms. The average Bonchev–Trinajstić information content (AvgIpc) is 2.26. The molecule has 0 spiro atoms. The van der Waals surface area contributed by atoms with Crippen LogP contribution in [0.4, 0.5) is 0 Å². The Hall–Kier alpha value is -0.610. The second-order valence-electron chi connectivity index (χ2n) is 4.90. The molecule has 1 aliphatic rings. The molecule has 0 radical (unpaired) electrons. The van der Waals surface area contributed by atoms with Crippen molar-refractivity contribution in [1.82, 2.24) is 5.32 Å². The first kappa shape index (κ1) is 13.5. The normalized spacial score (nSPS) is 27.6. The Morgan fingerprint density at radius 2 is 2.31 bits per heavy atom. The Kier molecular flexibility index (Phi) is 5.77. The molecule has 3 unspecified atom stereocenters. The molecule has 3 atom stereocenters. The lowest BCUT2D eigenvalue weighted by molar-refractivity contribution is -0.122. The summed E-state index contributed by atoms with van der Waals surface area (Å²) in [6.45, 7) is 2.38. The quantitative estimate of drug-likeness (QED) is 0.629. The van der Waals surface area contributed by atoms with Crippen LogP contribution < -0.4 is 11.1 Å². The minimum absolute atomic E-state index is 0.0521. The summed E-state index contributed by atoms with van der Waals surface area (Å²) in [5.41, 5.74) is 5.34. The van der Waals surface area contributed by atoms with Crippen molar-refractivity contribution >= 4 is 5.91 Å². The molecule has 0 aliphatic heterocycles. The third kappa shape index (κ3) is 4.49. The van der Waals surface area contributed by atoms with Gasteiger partial charge in [0, 0.05) is 24.6 Å². The molecular weight excluding hydrogens is 204 g/mol. The summed E-state index contributed by atoms with van der Waals surface area (Å²) in [5.74, 6) is -0.106. The fourth-order valence-electron chi connectivity index (χ4n) is 2.48. The zero-order valence-electron chi connectivity index (χ0n) is 10.1. The highest BCUT2D eigenvalue weighted by atomic mass is 16.2. The van der Waals surface area contributed by atoms with Gasteiger partial charge < -0.3 is 16.2 Å². The van der Waals surface area contributed by atoms with Crippen molar-refractivity contribution in [3.63, 3.8) is 0 Å². The Bertz CT molecular complexity index is 221. The van der Waals surface area contributed by atoms with Gasteiger partial charge in [0.25, 0.3) is 0 Å². The lowest BCUT2D eigenvalue weighted by atomic mass is 9.85. The molecule has 0 saturated heterocycles. The highest BCUT2D eigenvalue weighted by Crippen LogP contribution is 2.24. The van der Waals surface area contributed by atoms with Crippen LogP contribution in [-0.2, 0) is 4.79 Å². The molecule has 0 aromatic heterocycles. The maximum atomic E-state index is 11.1. The van der Waals surface area contributed by atoms with Gasteiger partial charge in [0.05, 0.1) is 0 Å². The number of primary amides is 1. The standard InChI is InChI=1S/C12H24N2O2/c1-9(4-3-7-15)14-11-6-2-5-10(8-11)12(13)16/h9-11,14-15H,2-8H2,1H3,(H2,13,16). The smallest absolute Gasteiger partial charge is 0.220 e. The predicted octanol–water partition coefficient (Wildman–Crippen LogP) is 0.781. The number of aliphatic hydroxyl groups excluding tert-OH is 1. The van der Waals surface area contributed by atoms with E-state index in [9.17, 15) is 4.79 Å². The summed E-state index contributed by atoms with van der Waals surface area (Å²) >= 11 is 0. The molecular formula is C12H24N2O2. The zero-order chi connectivity index (χ0) is 12.0. The van der Waals surface area contributed by atoms with Gasteiger partial charge in [-0.15, -0.1) is 0 Å². The number of rotatable bonds is 6. The van der Waals surface area contributed by atoms with Crippen LogP contribution in [0.25, 0.3) is 0 Å². The summed E-state index contributed by atoms with van der Waals surface area (Å²) in [6, 6.07) is 0.823. The van der Waals surface area contributed by atoms with Crippen molar-refractivity contribution in [3.05, 3.63) is 0 Å². The summed E-state index contributed by atoms with van der Waals surface area (Å²) in [7, 11) is 0. The molecule has 4 N–H and O–H groups in total. The number of nitrogens with one attached hydrogen (secondary N) is 1. The third-order valence-corrected chi connectivity index (χ3v) is 3.39. The topological polar surface area (TPSA) is 75.3 Å². The van der Waals surface area contributed by atoms with Crippen molar-refractivity contribution in [3.8, 4) is 0 Å². The van der Waals surface area contributed by atoms with Crippen molar-refractivity contribution in [1.29, 1.82) is 0 Å². The van der Waals surface area contributed by atoms with Crippen molar-refractivity contribution in [2.75, 3.05) is 6.61 Å². The first-order valence-corrected chi connectivity index (χ1v) is 6.29. The van der Waals surface area contributed by atoms with Gasteiger partial charge in [0.2, 0.25) is 5.91 Å². The van der Waals surface area contributed by atoms with Crippen LogP contribution in [0.5, 0.6) is 0 Å². The van der Waals surface area contributed by atoms with Crippen molar-refractivity contribution < 1.29 is 9.90 Å². The van der Waals surface area contributed by atoms with Crippen LogP contribution in [0.3, 0.4) is 0 Å². The molecule has 1 aliphatic carbocycles. The van der Waals surface area contributed by atoms with E-state index in [0.29, 0.717) is 12.1 Å². The third-order valence-electron chi connectivity index (χ3n) is 3.39. The SMILES string of the molecule is CC(CCCO)NC1CCCC(C(N)=O)C1. The van der Waals surface area contributed by atoms with E-state index in [2.05, 4.69) is 12.2 Å². The van der Waals surface area contributed by atoms with Crippen LogP contribution in [0, 0.1) is 5.92 Å². The Labute approximate surface area is 97.6 Å². The summed E-state index contributed by atoms with van der Waals surface area (Å²) in [6.07, 6.45) is 5.84. The minimum atomic E-state index is -0.158. The molecule has 1 rings (SSSR count). The average molecular weight is 228 g/mol. The number of nitrogens with two attached hydrogens (primary N) is 1. The highest BCUT2D eigenvalue weighted by Gasteiger charge is 2.26. The molecule has 0 aromatic carbocycles. The molecule has 4 nitrogen and oxygen atoms in total. The zero-order valence-corrected chi connectivity index (χ0v) is 10.1. The second kappa shape index (κ2) is 6.86. The van der Waals surface area contributed by atoms with Crippen LogP contribution in [-0.4, -0.2) is 29.7 Å². The van der Waals surface area contributed by atoms with E-state index in [0.717, 1.165) is 38.5 Å². The van der Waals surface area contributed by atoms with E-state index in [1.54, 1.807) is 0 Å². The Morgan fingerprint density at radius 1 is 1.56 bits per heavy atom. The van der Waals surface area contributed by atoms with Gasteiger partial charge in [0.15, 0.2) is 0 Å². The Morgan fingerprint density at radius 3 is 2.94 bits per heavy atom. The van der Waals surface area contributed by atoms with Gasteiger partial charge in [-0.25, -0.2) is 0 Å². The van der Waals surface area contributed by atoms with E-state index >= 15 is 0 Å². The van der Waals surface area contributed by atoms with Crippen LogP contribution in [0.15, 0.2) is 0 Å². The molecule has 1 fully saturated rings. The summed E-state index contributed by atoms with van der Waals surface area (Å²) in [5, 5.41) is 12.3. The van der Waals surface area contributed by atoms with E-state index in [1.807, 2.05) is 0 Å². The van der Waals surface area contributed by atoms with Gasteiger partial charge in [-0.1, -0.05) is 6.42 Å². The van der Waals surface area contributed by atoms with Crippen molar-refractivity contribution in [2.45, 2.75) is 57.5 Å². The lowest BCUT2D eigenvalue weighted by Gasteiger charge is -2.30. The van der Waals surface area contributed by atoms with Gasteiger partial charge in [-0.05, 0) is 39.0 Å². The molecule has 94 valence electrons. The maximum Gasteiger partial charge on any atom is 0.220 e. The number of hydrogen-bond acceptors (Lipinski definition) is 3. The minimum Gasteiger partial charge on any atom is -0.396 e. The molecule has 1 amide bonds. The van der Waals surface area contributed by atoms with Crippen LogP contribution in [0.1, 0.15) is 45.4 Å². The van der Waals surface area contributed by atoms with E-state index in [1.165, 1.54) is 0 Å². The van der Waals surface area contributed by atoms with Gasteiger partial charge in [-0.2, -0.15) is 0 Å². The molecule has 4 heteroatoms. The van der Waals surface area contributed by atoms with Crippen molar-refractivity contribution in [2.24, 2.45) is 11.7 Å². The number of carbonyl (C=O) groups excluding carboxylic acids is 1. The van der Waals surface area contributed by atoms with E-state index in [4.69, 9.17) is 10.8 Å². The van der Waals surface area contributed by atoms with Gasteiger partial charge >= 0.3 is 0 Å². The fraction of sp³-hybridized carbons (Fsp3) is 0.917. The first-order valence-electron chi connectivity index (χ1n) is 6.29. The fourth-order valence-corrected chi connectivity index (χ4v) is 2.48. The molecule has 1 saturated carbocycles. The number of amides is 1. The number of hydrogen-bond donors (Lipinski definition) is 3. The summed E-state index contributed by atoms with van der Waals surface area (Å²) < 4.78 is 0. The monoisotopic (exact) mass is 228 g/mol. The van der Waals surface area contributed by atoms with E-state index in [-0.39, 0.29) is 18.4 Å². The maximum absolute atomic E-state index is 11.1. The highest BCUT2D eigenvalue weighted by molar-refractivity contribution is 5.76. The molecule has 0 bridgehead atoms. The number of carbonyl (C=O) groups is 1. The van der Waals surface area contributed by atoms with Crippen LogP contribution >= 0.6 is 0 Å². The Balaban J connectivity index is 2.28. The van der Waals surface area contributed by atoms with E-state index < -0.39 is 0 Å². The lowest BCUT2D eigenvalue weighted by Crippen LogP contribution is -2.42. The largest absolute Gasteiger partial charge is 0.396 e. The summed E-state index contributed by atoms with van der Waals surface area (Å²) in [4.78, 5) is 11.1.